The Bertz CT molecular complexity index is 392. The Labute approximate surface area is 120 Å². The predicted molar refractivity (Wildman–Crippen MR) is 77.7 cm³/mol. The molecule has 1 fully saturated rings. The van der Waals surface area contributed by atoms with Gasteiger partial charge in [0.2, 0.25) is 5.89 Å². The molecule has 1 aromatic rings. The lowest BCUT2D eigenvalue weighted by Gasteiger charge is -2.30. The SMILES string of the molecule is COCC1CCCN(c2nnc(CNCC(C)C)o2)C1. The van der Waals surface area contributed by atoms with Gasteiger partial charge in [0.15, 0.2) is 0 Å². The lowest BCUT2D eigenvalue weighted by molar-refractivity contribution is 0.142. The van der Waals surface area contributed by atoms with Crippen LogP contribution in [0.1, 0.15) is 32.6 Å². The van der Waals surface area contributed by atoms with Crippen LogP contribution < -0.4 is 10.2 Å². The second kappa shape index (κ2) is 7.59. The number of ether oxygens (including phenoxy) is 1. The minimum absolute atomic E-state index is 0.558. The van der Waals surface area contributed by atoms with E-state index in [1.165, 1.54) is 6.42 Å². The number of piperidine rings is 1. The molecule has 1 unspecified atom stereocenters. The molecule has 6 nitrogen and oxygen atoms in total. The molecule has 0 aliphatic carbocycles. The third-order valence-electron chi connectivity index (χ3n) is 3.48. The molecular weight excluding hydrogens is 256 g/mol. The van der Waals surface area contributed by atoms with Crippen LogP contribution in [0.2, 0.25) is 0 Å². The van der Waals surface area contributed by atoms with E-state index in [-0.39, 0.29) is 0 Å². The first-order valence-corrected chi connectivity index (χ1v) is 7.46. The molecule has 0 bridgehead atoms. The molecule has 1 N–H and O–H groups in total. The van der Waals surface area contributed by atoms with Crippen molar-refractivity contribution in [2.24, 2.45) is 11.8 Å². The van der Waals surface area contributed by atoms with Crippen molar-refractivity contribution < 1.29 is 9.15 Å². The van der Waals surface area contributed by atoms with E-state index < -0.39 is 0 Å². The van der Waals surface area contributed by atoms with Crippen molar-refractivity contribution in [3.63, 3.8) is 0 Å². The van der Waals surface area contributed by atoms with E-state index >= 15 is 0 Å². The summed E-state index contributed by atoms with van der Waals surface area (Å²) in [6, 6.07) is 0.646. The summed E-state index contributed by atoms with van der Waals surface area (Å²) in [6.07, 6.45) is 2.36. The average Bonchev–Trinajstić information content (AvgIpc) is 2.88. The molecule has 1 saturated heterocycles. The van der Waals surface area contributed by atoms with Crippen LogP contribution in [-0.4, -0.2) is 43.5 Å². The third-order valence-corrected chi connectivity index (χ3v) is 3.48. The van der Waals surface area contributed by atoms with Gasteiger partial charge in [-0.25, -0.2) is 0 Å². The average molecular weight is 282 g/mol. The number of nitrogens with zero attached hydrogens (tertiary/aromatic N) is 3. The quantitative estimate of drug-likeness (QED) is 0.821. The van der Waals surface area contributed by atoms with Gasteiger partial charge in [-0.05, 0) is 25.3 Å². The molecule has 1 aromatic heterocycles. The summed E-state index contributed by atoms with van der Waals surface area (Å²) in [7, 11) is 1.75. The second-order valence-electron chi connectivity index (χ2n) is 5.91. The van der Waals surface area contributed by atoms with E-state index in [1.807, 2.05) is 0 Å². The Morgan fingerprint density at radius 3 is 3.05 bits per heavy atom. The number of nitrogens with one attached hydrogen (secondary N) is 1. The van der Waals surface area contributed by atoms with Crippen molar-refractivity contribution in [2.45, 2.75) is 33.2 Å². The zero-order valence-corrected chi connectivity index (χ0v) is 12.8. The van der Waals surface area contributed by atoms with Crippen molar-refractivity contribution >= 4 is 6.01 Å². The summed E-state index contributed by atoms with van der Waals surface area (Å²) in [6.45, 7) is 8.67. The molecule has 1 aliphatic heterocycles. The molecule has 1 aliphatic rings. The van der Waals surface area contributed by atoms with Gasteiger partial charge < -0.3 is 19.4 Å². The van der Waals surface area contributed by atoms with Crippen LogP contribution in [0.15, 0.2) is 4.42 Å². The van der Waals surface area contributed by atoms with Crippen LogP contribution in [0, 0.1) is 11.8 Å². The van der Waals surface area contributed by atoms with Crippen LogP contribution in [0.25, 0.3) is 0 Å². The highest BCUT2D eigenvalue weighted by Crippen LogP contribution is 2.22. The molecule has 0 aromatic carbocycles. The van der Waals surface area contributed by atoms with Crippen molar-refractivity contribution in [3.8, 4) is 0 Å². The summed E-state index contributed by atoms with van der Waals surface area (Å²) in [5.74, 6) is 1.84. The number of hydrogen-bond acceptors (Lipinski definition) is 6. The highest BCUT2D eigenvalue weighted by atomic mass is 16.5. The highest BCUT2D eigenvalue weighted by molar-refractivity contribution is 5.25. The Morgan fingerprint density at radius 1 is 1.45 bits per heavy atom. The molecule has 0 radical (unpaired) electrons. The summed E-state index contributed by atoms with van der Waals surface area (Å²) in [5, 5.41) is 11.6. The largest absolute Gasteiger partial charge is 0.407 e. The van der Waals surface area contributed by atoms with E-state index in [0.29, 0.717) is 30.3 Å². The number of rotatable bonds is 7. The maximum absolute atomic E-state index is 5.73. The van der Waals surface area contributed by atoms with Crippen LogP contribution in [0.3, 0.4) is 0 Å². The highest BCUT2D eigenvalue weighted by Gasteiger charge is 2.23. The zero-order valence-electron chi connectivity index (χ0n) is 12.8. The first kappa shape index (κ1) is 15.3. The maximum atomic E-state index is 5.73. The van der Waals surface area contributed by atoms with Gasteiger partial charge in [0.25, 0.3) is 0 Å². The van der Waals surface area contributed by atoms with E-state index in [0.717, 1.165) is 32.7 Å². The Kier molecular flexibility index (Phi) is 5.79. The van der Waals surface area contributed by atoms with E-state index in [4.69, 9.17) is 9.15 Å². The van der Waals surface area contributed by atoms with E-state index in [2.05, 4.69) is 34.3 Å². The van der Waals surface area contributed by atoms with Crippen molar-refractivity contribution in [2.75, 3.05) is 38.3 Å². The standard InChI is InChI=1S/C14H26N4O2/c1-11(2)7-15-8-13-16-17-14(20-13)18-6-4-5-12(9-18)10-19-3/h11-12,15H,4-10H2,1-3H3. The van der Waals surface area contributed by atoms with Gasteiger partial charge in [0, 0.05) is 26.1 Å². The first-order chi connectivity index (χ1) is 9.69. The molecule has 20 heavy (non-hydrogen) atoms. The lowest BCUT2D eigenvalue weighted by atomic mass is 9.99. The van der Waals surface area contributed by atoms with E-state index in [1.54, 1.807) is 7.11 Å². The first-order valence-electron chi connectivity index (χ1n) is 7.46. The van der Waals surface area contributed by atoms with Crippen LogP contribution >= 0.6 is 0 Å². The van der Waals surface area contributed by atoms with Gasteiger partial charge in [0.05, 0.1) is 13.2 Å². The Balaban J connectivity index is 1.84. The van der Waals surface area contributed by atoms with Gasteiger partial charge in [-0.15, -0.1) is 5.10 Å². The molecule has 1 atom stereocenters. The third kappa shape index (κ3) is 4.45. The van der Waals surface area contributed by atoms with Crippen molar-refractivity contribution in [1.82, 2.24) is 15.5 Å². The van der Waals surface area contributed by atoms with Crippen LogP contribution in [-0.2, 0) is 11.3 Å². The van der Waals surface area contributed by atoms with Gasteiger partial charge in [-0.2, -0.15) is 0 Å². The monoisotopic (exact) mass is 282 g/mol. The van der Waals surface area contributed by atoms with Crippen molar-refractivity contribution in [1.29, 1.82) is 0 Å². The molecule has 0 saturated carbocycles. The van der Waals surface area contributed by atoms with Gasteiger partial charge in [-0.1, -0.05) is 18.9 Å². The second-order valence-corrected chi connectivity index (χ2v) is 5.91. The Hall–Kier alpha value is -1.14. The molecule has 2 heterocycles. The zero-order chi connectivity index (χ0) is 14.4. The Morgan fingerprint density at radius 2 is 2.30 bits per heavy atom. The normalized spacial score (nSPS) is 19.8. The summed E-state index contributed by atoms with van der Waals surface area (Å²) >= 11 is 0. The van der Waals surface area contributed by atoms with Gasteiger partial charge in [-0.3, -0.25) is 0 Å². The fraction of sp³-hybridized carbons (Fsp3) is 0.857. The summed E-state index contributed by atoms with van der Waals surface area (Å²) < 4.78 is 11.0. The molecule has 2 rings (SSSR count). The minimum Gasteiger partial charge on any atom is -0.407 e. The fourth-order valence-corrected chi connectivity index (χ4v) is 2.52. The lowest BCUT2D eigenvalue weighted by Crippen LogP contribution is -2.37. The predicted octanol–water partition coefficient (Wildman–Crippen LogP) is 1.68. The van der Waals surface area contributed by atoms with Gasteiger partial charge >= 0.3 is 6.01 Å². The summed E-state index contributed by atoms with van der Waals surface area (Å²) in [4.78, 5) is 2.17. The minimum atomic E-state index is 0.558. The molecule has 0 spiro atoms. The number of aromatic nitrogens is 2. The molecule has 0 amide bonds. The molecule has 6 heteroatoms. The van der Waals surface area contributed by atoms with Crippen LogP contribution in [0.4, 0.5) is 6.01 Å². The topological polar surface area (TPSA) is 63.4 Å². The number of hydrogen-bond donors (Lipinski definition) is 1. The number of methoxy groups -OCH3 is 1. The van der Waals surface area contributed by atoms with Crippen LogP contribution in [0.5, 0.6) is 0 Å². The van der Waals surface area contributed by atoms with Crippen molar-refractivity contribution in [3.05, 3.63) is 5.89 Å². The van der Waals surface area contributed by atoms with Gasteiger partial charge in [0.1, 0.15) is 0 Å². The summed E-state index contributed by atoms with van der Waals surface area (Å²) in [5.41, 5.74) is 0. The maximum Gasteiger partial charge on any atom is 0.318 e. The molecular formula is C14H26N4O2. The molecule has 114 valence electrons. The number of anilines is 1. The smallest absolute Gasteiger partial charge is 0.318 e. The van der Waals surface area contributed by atoms with E-state index in [9.17, 15) is 0 Å². The fourth-order valence-electron chi connectivity index (χ4n) is 2.52.